The third kappa shape index (κ3) is 2.45. The molecule has 1 heterocycles. The Morgan fingerprint density at radius 1 is 1.35 bits per heavy atom. The average molecular weight is 277 g/mol. The number of phenols is 1. The van der Waals surface area contributed by atoms with E-state index in [1.165, 1.54) is 0 Å². The van der Waals surface area contributed by atoms with Gasteiger partial charge < -0.3 is 14.9 Å². The minimum Gasteiger partial charge on any atom is -0.508 e. The van der Waals surface area contributed by atoms with E-state index in [1.54, 1.807) is 12.1 Å². The molecule has 0 radical (unpaired) electrons. The summed E-state index contributed by atoms with van der Waals surface area (Å²) in [6, 6.07) is 5.37. The van der Waals surface area contributed by atoms with Crippen molar-refractivity contribution in [2.24, 2.45) is 0 Å². The Morgan fingerprint density at radius 2 is 2.10 bits per heavy atom. The van der Waals surface area contributed by atoms with Crippen LogP contribution in [0.4, 0.5) is 0 Å². The first-order valence-electron chi connectivity index (χ1n) is 7.08. The van der Waals surface area contributed by atoms with Crippen LogP contribution in [0.2, 0.25) is 0 Å². The lowest BCUT2D eigenvalue weighted by molar-refractivity contribution is -0.139. The lowest BCUT2D eigenvalue weighted by atomic mass is 10.0. The van der Waals surface area contributed by atoms with Crippen molar-refractivity contribution < 1.29 is 19.7 Å². The number of phenolic OH excluding ortho intramolecular Hbond substituents is 1. The van der Waals surface area contributed by atoms with E-state index in [2.05, 4.69) is 4.90 Å². The minimum atomic E-state index is -0.802. The predicted molar refractivity (Wildman–Crippen MR) is 72.9 cm³/mol. The van der Waals surface area contributed by atoms with Crippen LogP contribution in [0.5, 0.6) is 11.5 Å². The van der Waals surface area contributed by atoms with Gasteiger partial charge in [0.15, 0.2) is 0 Å². The second-order valence-corrected chi connectivity index (χ2v) is 5.55. The van der Waals surface area contributed by atoms with Crippen LogP contribution in [0.15, 0.2) is 18.2 Å². The highest BCUT2D eigenvalue weighted by Crippen LogP contribution is 2.40. The Balaban J connectivity index is 1.87. The summed E-state index contributed by atoms with van der Waals surface area (Å²) in [6.07, 6.45) is 4.43. The van der Waals surface area contributed by atoms with Crippen LogP contribution in [-0.4, -0.2) is 40.3 Å². The Labute approximate surface area is 117 Å². The van der Waals surface area contributed by atoms with Gasteiger partial charge in [0.05, 0.1) is 12.6 Å². The summed E-state index contributed by atoms with van der Waals surface area (Å²) in [7, 11) is 0. The zero-order chi connectivity index (χ0) is 14.1. The van der Waals surface area contributed by atoms with E-state index in [0.717, 1.165) is 31.2 Å². The number of aliphatic carboxylic acids is 1. The third-order valence-electron chi connectivity index (χ3n) is 4.26. The van der Waals surface area contributed by atoms with Crippen LogP contribution in [0.25, 0.3) is 0 Å². The van der Waals surface area contributed by atoms with Crippen molar-refractivity contribution >= 4 is 5.97 Å². The minimum absolute atomic E-state index is 0.0233. The monoisotopic (exact) mass is 277 g/mol. The highest BCUT2D eigenvalue weighted by atomic mass is 16.5. The molecule has 20 heavy (non-hydrogen) atoms. The lowest BCUT2D eigenvalue weighted by Gasteiger charge is -2.32. The van der Waals surface area contributed by atoms with E-state index in [1.807, 2.05) is 6.07 Å². The summed E-state index contributed by atoms with van der Waals surface area (Å²) in [5, 5.41) is 18.7. The average Bonchev–Trinajstić information content (AvgIpc) is 3.04. The molecule has 2 aliphatic rings. The van der Waals surface area contributed by atoms with Crippen LogP contribution < -0.4 is 4.74 Å². The Morgan fingerprint density at radius 3 is 2.80 bits per heavy atom. The Hall–Kier alpha value is -1.75. The van der Waals surface area contributed by atoms with Gasteiger partial charge in [-0.05, 0) is 25.0 Å². The van der Waals surface area contributed by atoms with Crippen LogP contribution >= 0.6 is 0 Å². The first-order valence-corrected chi connectivity index (χ1v) is 7.08. The van der Waals surface area contributed by atoms with Gasteiger partial charge in [0.1, 0.15) is 18.1 Å². The fourth-order valence-corrected chi connectivity index (χ4v) is 3.34. The van der Waals surface area contributed by atoms with Crippen molar-refractivity contribution in [2.75, 3.05) is 13.2 Å². The van der Waals surface area contributed by atoms with Crippen molar-refractivity contribution in [3.8, 4) is 11.5 Å². The molecular weight excluding hydrogens is 258 g/mol. The quantitative estimate of drug-likeness (QED) is 0.882. The van der Waals surface area contributed by atoms with Gasteiger partial charge in [0.2, 0.25) is 0 Å². The topological polar surface area (TPSA) is 70.0 Å². The van der Waals surface area contributed by atoms with E-state index in [-0.39, 0.29) is 18.3 Å². The maximum absolute atomic E-state index is 11.2. The number of rotatable bonds is 4. The first-order chi connectivity index (χ1) is 9.65. The van der Waals surface area contributed by atoms with E-state index in [4.69, 9.17) is 4.74 Å². The number of aromatic hydroxyl groups is 1. The molecule has 1 unspecified atom stereocenters. The summed E-state index contributed by atoms with van der Waals surface area (Å²) in [5.41, 5.74) is 0.982. The zero-order valence-electron chi connectivity index (χ0n) is 11.3. The second-order valence-electron chi connectivity index (χ2n) is 5.55. The van der Waals surface area contributed by atoms with Gasteiger partial charge in [-0.3, -0.25) is 9.69 Å². The molecule has 1 aromatic carbocycles. The summed E-state index contributed by atoms with van der Waals surface area (Å²) in [5.74, 6) is 0.0440. The zero-order valence-corrected chi connectivity index (χ0v) is 11.3. The largest absolute Gasteiger partial charge is 0.508 e. The smallest absolute Gasteiger partial charge is 0.317 e. The van der Waals surface area contributed by atoms with Gasteiger partial charge in [-0.2, -0.15) is 0 Å². The molecule has 1 aliphatic carbocycles. The summed E-state index contributed by atoms with van der Waals surface area (Å²) >= 11 is 0. The molecule has 1 saturated carbocycles. The summed E-state index contributed by atoms with van der Waals surface area (Å²) in [6.45, 7) is 0.502. The molecule has 5 heteroatoms. The molecule has 1 aromatic rings. The number of carbonyl (C=O) groups is 1. The van der Waals surface area contributed by atoms with Crippen molar-refractivity contribution in [1.29, 1.82) is 0 Å². The fraction of sp³-hybridized carbons (Fsp3) is 0.533. The van der Waals surface area contributed by atoms with Gasteiger partial charge in [-0.15, -0.1) is 0 Å². The van der Waals surface area contributed by atoms with Gasteiger partial charge in [-0.1, -0.05) is 12.8 Å². The summed E-state index contributed by atoms with van der Waals surface area (Å²) < 4.78 is 5.62. The molecule has 0 saturated heterocycles. The molecule has 0 amide bonds. The molecule has 0 aromatic heterocycles. The highest BCUT2D eigenvalue weighted by molar-refractivity contribution is 5.69. The molecule has 3 rings (SSSR count). The van der Waals surface area contributed by atoms with Crippen molar-refractivity contribution in [1.82, 2.24) is 4.90 Å². The molecule has 2 N–H and O–H groups in total. The Kier molecular flexibility index (Phi) is 3.53. The highest BCUT2D eigenvalue weighted by Gasteiger charge is 2.36. The Bertz CT molecular complexity index is 511. The molecule has 1 fully saturated rings. The number of fused-ring (bicyclic) bond motifs is 1. The van der Waals surface area contributed by atoms with Crippen molar-refractivity contribution in [3.05, 3.63) is 23.8 Å². The fourth-order valence-electron chi connectivity index (χ4n) is 3.34. The third-order valence-corrected chi connectivity index (χ3v) is 4.26. The standard InChI is InChI=1S/C15H19NO4/c17-11-5-6-12-13(9-20-14(12)7-11)16(8-15(18)19)10-3-1-2-4-10/h5-7,10,13,17H,1-4,8-9H2,(H,18,19). The number of hydrogen-bond donors (Lipinski definition) is 2. The number of nitrogens with zero attached hydrogens (tertiary/aromatic N) is 1. The van der Waals surface area contributed by atoms with Crippen molar-refractivity contribution in [3.63, 3.8) is 0 Å². The van der Waals surface area contributed by atoms with Gasteiger partial charge in [0, 0.05) is 17.7 Å². The number of ether oxygens (including phenoxy) is 1. The molecule has 0 spiro atoms. The van der Waals surface area contributed by atoms with E-state index in [9.17, 15) is 15.0 Å². The maximum atomic E-state index is 11.2. The van der Waals surface area contributed by atoms with E-state index >= 15 is 0 Å². The second kappa shape index (κ2) is 5.32. The van der Waals surface area contributed by atoms with E-state index in [0.29, 0.717) is 18.4 Å². The summed E-state index contributed by atoms with van der Waals surface area (Å²) in [4.78, 5) is 13.2. The molecule has 1 atom stereocenters. The molecule has 108 valence electrons. The van der Waals surface area contributed by atoms with Gasteiger partial charge >= 0.3 is 5.97 Å². The SMILES string of the molecule is O=C(O)CN(C1CCCC1)C1COc2cc(O)ccc21. The van der Waals surface area contributed by atoms with Crippen LogP contribution in [0.3, 0.4) is 0 Å². The number of carboxylic acids is 1. The molecular formula is C15H19NO4. The normalized spacial score (nSPS) is 21.9. The maximum Gasteiger partial charge on any atom is 0.317 e. The molecule has 1 aliphatic heterocycles. The van der Waals surface area contributed by atoms with Gasteiger partial charge in [-0.25, -0.2) is 0 Å². The number of carboxylic acid groups (broad SMARTS) is 1. The van der Waals surface area contributed by atoms with E-state index < -0.39 is 5.97 Å². The first kappa shape index (κ1) is 13.2. The van der Waals surface area contributed by atoms with Crippen molar-refractivity contribution in [2.45, 2.75) is 37.8 Å². The number of hydrogen-bond acceptors (Lipinski definition) is 4. The van der Waals surface area contributed by atoms with Crippen LogP contribution in [0, 0.1) is 0 Å². The van der Waals surface area contributed by atoms with Crippen LogP contribution in [-0.2, 0) is 4.79 Å². The predicted octanol–water partition coefficient (Wildman–Crippen LogP) is 2.15. The molecule has 5 nitrogen and oxygen atoms in total. The molecule has 0 bridgehead atoms. The van der Waals surface area contributed by atoms with Gasteiger partial charge in [0.25, 0.3) is 0 Å². The lowest BCUT2D eigenvalue weighted by Crippen LogP contribution is -2.41. The number of benzene rings is 1. The van der Waals surface area contributed by atoms with Crippen LogP contribution in [0.1, 0.15) is 37.3 Å².